The summed E-state index contributed by atoms with van der Waals surface area (Å²) in [4.78, 5) is -0.339. The van der Waals surface area contributed by atoms with E-state index in [0.717, 1.165) is 12.1 Å². The molecule has 2 aromatic rings. The van der Waals surface area contributed by atoms with Gasteiger partial charge in [-0.05, 0) is 18.2 Å². The SMILES string of the molecule is Cn1cc(Oc2ccc(C(F)(F)F)c(C(N)=S)c2)cn1. The molecule has 0 amide bonds. The first kappa shape index (κ1) is 14.3. The summed E-state index contributed by atoms with van der Waals surface area (Å²) in [5, 5.41) is 3.89. The number of aryl methyl sites for hydroxylation is 1. The van der Waals surface area contributed by atoms with Crippen LogP contribution in [0.15, 0.2) is 30.6 Å². The molecule has 0 saturated carbocycles. The number of halogens is 3. The number of hydrogen-bond acceptors (Lipinski definition) is 3. The van der Waals surface area contributed by atoms with Crippen LogP contribution in [0, 0.1) is 0 Å². The Morgan fingerprint density at radius 2 is 2.05 bits per heavy atom. The van der Waals surface area contributed by atoms with Gasteiger partial charge in [-0.2, -0.15) is 18.3 Å². The fourth-order valence-corrected chi connectivity index (χ4v) is 1.79. The third kappa shape index (κ3) is 3.08. The highest BCUT2D eigenvalue weighted by atomic mass is 32.1. The molecular weight excluding hydrogens is 291 g/mol. The van der Waals surface area contributed by atoms with Crippen LogP contribution in [-0.4, -0.2) is 14.8 Å². The van der Waals surface area contributed by atoms with E-state index in [1.54, 1.807) is 13.2 Å². The van der Waals surface area contributed by atoms with Crippen LogP contribution in [-0.2, 0) is 13.2 Å². The summed E-state index contributed by atoms with van der Waals surface area (Å²) in [6.45, 7) is 0. The second-order valence-electron chi connectivity index (χ2n) is 4.02. The Hall–Kier alpha value is -2.09. The standard InChI is InChI=1S/C12H10F3N3OS/c1-18-6-8(5-17-18)19-7-2-3-10(12(13,14)15)9(4-7)11(16)20/h2-6H,1H3,(H2,16,20). The van der Waals surface area contributed by atoms with Crippen molar-refractivity contribution in [2.24, 2.45) is 12.8 Å². The van der Waals surface area contributed by atoms with Crippen molar-refractivity contribution in [1.82, 2.24) is 9.78 Å². The van der Waals surface area contributed by atoms with Gasteiger partial charge in [-0.15, -0.1) is 0 Å². The molecule has 0 aliphatic rings. The maximum atomic E-state index is 12.8. The van der Waals surface area contributed by atoms with Crippen LogP contribution < -0.4 is 10.5 Å². The average Bonchev–Trinajstić information content (AvgIpc) is 2.73. The summed E-state index contributed by atoms with van der Waals surface area (Å²) in [5.41, 5.74) is 4.18. The molecule has 1 aromatic heterocycles. The Kier molecular flexibility index (Phi) is 3.67. The van der Waals surface area contributed by atoms with Gasteiger partial charge >= 0.3 is 6.18 Å². The highest BCUT2D eigenvalue weighted by Crippen LogP contribution is 2.34. The van der Waals surface area contributed by atoms with E-state index < -0.39 is 11.7 Å². The van der Waals surface area contributed by atoms with Gasteiger partial charge in [0.2, 0.25) is 0 Å². The van der Waals surface area contributed by atoms with Gasteiger partial charge in [0, 0.05) is 12.6 Å². The lowest BCUT2D eigenvalue weighted by molar-refractivity contribution is -0.137. The second-order valence-corrected chi connectivity index (χ2v) is 4.46. The maximum Gasteiger partial charge on any atom is 0.417 e. The van der Waals surface area contributed by atoms with Gasteiger partial charge < -0.3 is 10.5 Å². The van der Waals surface area contributed by atoms with Crippen molar-refractivity contribution in [3.63, 3.8) is 0 Å². The number of hydrogen-bond donors (Lipinski definition) is 1. The minimum absolute atomic E-state index is 0.203. The van der Waals surface area contributed by atoms with Crippen LogP contribution >= 0.6 is 12.2 Å². The summed E-state index contributed by atoms with van der Waals surface area (Å²) >= 11 is 4.65. The average molecular weight is 301 g/mol. The summed E-state index contributed by atoms with van der Waals surface area (Å²) in [7, 11) is 1.69. The van der Waals surface area contributed by atoms with Crippen molar-refractivity contribution < 1.29 is 17.9 Å². The van der Waals surface area contributed by atoms with E-state index in [4.69, 9.17) is 10.5 Å². The van der Waals surface area contributed by atoms with E-state index in [9.17, 15) is 13.2 Å². The Morgan fingerprint density at radius 3 is 2.55 bits per heavy atom. The van der Waals surface area contributed by atoms with Crippen molar-refractivity contribution >= 4 is 17.2 Å². The fraction of sp³-hybridized carbons (Fsp3) is 0.167. The zero-order valence-electron chi connectivity index (χ0n) is 10.3. The first-order valence-corrected chi connectivity index (χ1v) is 5.86. The molecule has 0 radical (unpaired) electrons. The first-order chi connectivity index (χ1) is 9.27. The zero-order chi connectivity index (χ0) is 14.9. The van der Waals surface area contributed by atoms with E-state index in [2.05, 4.69) is 17.3 Å². The van der Waals surface area contributed by atoms with Crippen molar-refractivity contribution in [3.05, 3.63) is 41.7 Å². The van der Waals surface area contributed by atoms with Gasteiger partial charge in [0.15, 0.2) is 5.75 Å². The molecule has 20 heavy (non-hydrogen) atoms. The van der Waals surface area contributed by atoms with E-state index in [1.165, 1.54) is 16.9 Å². The third-order valence-electron chi connectivity index (χ3n) is 2.48. The number of rotatable bonds is 3. The molecule has 8 heteroatoms. The predicted molar refractivity (Wildman–Crippen MR) is 70.6 cm³/mol. The van der Waals surface area contributed by atoms with E-state index >= 15 is 0 Å². The Morgan fingerprint density at radius 1 is 1.35 bits per heavy atom. The van der Waals surface area contributed by atoms with Crippen LogP contribution in [0.25, 0.3) is 0 Å². The molecule has 2 N–H and O–H groups in total. The molecule has 0 aliphatic heterocycles. The number of thiocarbonyl (C=S) groups is 1. The second kappa shape index (κ2) is 5.12. The molecule has 0 aliphatic carbocycles. The lowest BCUT2D eigenvalue weighted by Crippen LogP contribution is -2.17. The molecule has 0 unspecified atom stereocenters. The monoisotopic (exact) mass is 301 g/mol. The summed E-state index contributed by atoms with van der Waals surface area (Å²) in [5.74, 6) is 0.606. The number of nitrogens with two attached hydrogens (primary N) is 1. The van der Waals surface area contributed by atoms with Crippen molar-refractivity contribution in [3.8, 4) is 11.5 Å². The van der Waals surface area contributed by atoms with Gasteiger partial charge in [0.05, 0.1) is 18.0 Å². The van der Waals surface area contributed by atoms with Gasteiger partial charge in [-0.25, -0.2) is 0 Å². The zero-order valence-corrected chi connectivity index (χ0v) is 11.1. The minimum Gasteiger partial charge on any atom is -0.454 e. The van der Waals surface area contributed by atoms with E-state index in [1.807, 2.05) is 0 Å². The lowest BCUT2D eigenvalue weighted by Gasteiger charge is -2.13. The minimum atomic E-state index is -4.52. The molecular formula is C12H10F3N3OS. The van der Waals surface area contributed by atoms with E-state index in [-0.39, 0.29) is 16.3 Å². The highest BCUT2D eigenvalue weighted by Gasteiger charge is 2.34. The number of aromatic nitrogens is 2. The largest absolute Gasteiger partial charge is 0.454 e. The van der Waals surface area contributed by atoms with Crippen LogP contribution in [0.3, 0.4) is 0 Å². The number of alkyl halides is 3. The van der Waals surface area contributed by atoms with Crippen LogP contribution in [0.1, 0.15) is 11.1 Å². The van der Waals surface area contributed by atoms with Gasteiger partial charge in [-0.1, -0.05) is 12.2 Å². The predicted octanol–water partition coefficient (Wildman–Crippen LogP) is 2.87. The molecule has 2 rings (SSSR count). The van der Waals surface area contributed by atoms with Crippen LogP contribution in [0.2, 0.25) is 0 Å². The molecule has 4 nitrogen and oxygen atoms in total. The fourth-order valence-electron chi connectivity index (χ4n) is 1.63. The van der Waals surface area contributed by atoms with Crippen molar-refractivity contribution in [1.29, 1.82) is 0 Å². The summed E-state index contributed by atoms with van der Waals surface area (Å²) < 4.78 is 45.3. The van der Waals surface area contributed by atoms with Crippen LogP contribution in [0.5, 0.6) is 11.5 Å². The van der Waals surface area contributed by atoms with Gasteiger partial charge in [0.25, 0.3) is 0 Å². The maximum absolute atomic E-state index is 12.8. The molecule has 0 spiro atoms. The molecule has 0 bridgehead atoms. The Balaban J connectivity index is 2.38. The molecule has 1 aromatic carbocycles. The number of nitrogens with zero attached hydrogens (tertiary/aromatic N) is 2. The third-order valence-corrected chi connectivity index (χ3v) is 2.70. The first-order valence-electron chi connectivity index (χ1n) is 5.45. The Labute approximate surface area is 117 Å². The quantitative estimate of drug-likeness (QED) is 0.886. The molecule has 0 saturated heterocycles. The Bertz CT molecular complexity index is 652. The lowest BCUT2D eigenvalue weighted by atomic mass is 10.1. The smallest absolute Gasteiger partial charge is 0.417 e. The van der Waals surface area contributed by atoms with Gasteiger partial charge in [-0.3, -0.25) is 4.68 Å². The molecule has 0 atom stereocenters. The van der Waals surface area contributed by atoms with Crippen molar-refractivity contribution in [2.75, 3.05) is 0 Å². The summed E-state index contributed by atoms with van der Waals surface area (Å²) in [6.07, 6.45) is -1.50. The highest BCUT2D eigenvalue weighted by molar-refractivity contribution is 7.80. The number of benzene rings is 1. The number of ether oxygens (including phenoxy) is 1. The van der Waals surface area contributed by atoms with Crippen LogP contribution in [0.4, 0.5) is 13.2 Å². The molecule has 0 fully saturated rings. The topological polar surface area (TPSA) is 53.1 Å². The summed E-state index contributed by atoms with van der Waals surface area (Å²) in [6, 6.07) is 3.26. The van der Waals surface area contributed by atoms with Gasteiger partial charge in [0.1, 0.15) is 10.7 Å². The normalized spacial score (nSPS) is 11.4. The van der Waals surface area contributed by atoms with E-state index in [0.29, 0.717) is 5.75 Å². The van der Waals surface area contributed by atoms with Crippen molar-refractivity contribution in [2.45, 2.75) is 6.18 Å². The molecule has 106 valence electrons. The molecule has 1 heterocycles.